The molecule has 0 spiro atoms. The summed E-state index contributed by atoms with van der Waals surface area (Å²) in [6, 6.07) is 8.21. The van der Waals surface area contributed by atoms with E-state index >= 15 is 0 Å². The van der Waals surface area contributed by atoms with Crippen molar-refractivity contribution >= 4 is 12.6 Å². The van der Waals surface area contributed by atoms with Crippen molar-refractivity contribution in [1.29, 1.82) is 0 Å². The number of hydrogen-bond acceptors (Lipinski definition) is 3. The predicted octanol–water partition coefficient (Wildman–Crippen LogP) is 3.71. The van der Waals surface area contributed by atoms with Crippen LogP contribution >= 0.6 is 0 Å². The fourth-order valence-electron chi connectivity index (χ4n) is 2.43. The minimum Gasteiger partial charge on any atom is -0.399 e. The van der Waals surface area contributed by atoms with E-state index in [9.17, 15) is 0 Å². The summed E-state index contributed by atoms with van der Waals surface area (Å²) in [4.78, 5) is 7.44. The van der Waals surface area contributed by atoms with Crippen LogP contribution in [0.5, 0.6) is 0 Å². The highest BCUT2D eigenvalue weighted by Crippen LogP contribution is 2.36. The summed E-state index contributed by atoms with van der Waals surface area (Å²) in [6.45, 7) is 14.3. The monoisotopic (exact) mass is 314 g/mol. The van der Waals surface area contributed by atoms with Crippen LogP contribution in [0, 0.1) is 6.92 Å². The zero-order valence-corrected chi connectivity index (χ0v) is 15.2. The molecule has 4 nitrogen and oxygen atoms in total. The van der Waals surface area contributed by atoms with Gasteiger partial charge in [0, 0.05) is 11.3 Å². The summed E-state index contributed by atoms with van der Waals surface area (Å²) in [5, 5.41) is 0. The molecular weight excluding hydrogens is 287 g/mol. The van der Waals surface area contributed by atoms with Gasteiger partial charge in [0.1, 0.15) is 0 Å². The molecule has 23 heavy (non-hydrogen) atoms. The maximum Gasteiger partial charge on any atom is 0.494 e. The standard InChI is InChI=1S/C16H21BN2O2.C2H6/c1-11-14(19-10-18-11)12-6-8-13(9-7-12)17-20-15(2,3)16(4,5)21-17;1-2/h6-10H,1-5H3,(H,18,19);1-2H3. The maximum absolute atomic E-state index is 6.06. The Kier molecular flexibility index (Phi) is 5.02. The van der Waals surface area contributed by atoms with Crippen LogP contribution in [0.1, 0.15) is 47.2 Å². The van der Waals surface area contributed by atoms with Gasteiger partial charge in [-0.1, -0.05) is 38.1 Å². The Labute approximate surface area is 139 Å². The van der Waals surface area contributed by atoms with Crippen LogP contribution in [0.4, 0.5) is 0 Å². The zero-order chi connectivity index (χ0) is 17.3. The van der Waals surface area contributed by atoms with Crippen LogP contribution in [0.15, 0.2) is 30.6 Å². The topological polar surface area (TPSA) is 47.1 Å². The molecule has 1 fully saturated rings. The Balaban J connectivity index is 0.000000924. The Morgan fingerprint density at radius 2 is 1.48 bits per heavy atom. The van der Waals surface area contributed by atoms with Gasteiger partial charge in [-0.3, -0.25) is 0 Å². The molecule has 1 aromatic carbocycles. The molecule has 1 aliphatic rings. The van der Waals surface area contributed by atoms with E-state index in [1.54, 1.807) is 6.33 Å². The van der Waals surface area contributed by atoms with Crippen LogP contribution in [-0.2, 0) is 9.31 Å². The van der Waals surface area contributed by atoms with E-state index < -0.39 is 0 Å². The number of benzene rings is 1. The first kappa shape index (κ1) is 17.8. The average molecular weight is 314 g/mol. The molecule has 5 heteroatoms. The van der Waals surface area contributed by atoms with Gasteiger partial charge in [-0.2, -0.15) is 0 Å². The molecule has 1 saturated heterocycles. The van der Waals surface area contributed by atoms with Crippen LogP contribution in [0.2, 0.25) is 0 Å². The minimum absolute atomic E-state index is 0.310. The first-order valence-corrected chi connectivity index (χ1v) is 8.26. The van der Waals surface area contributed by atoms with Gasteiger partial charge in [0.15, 0.2) is 0 Å². The number of aromatic amines is 1. The van der Waals surface area contributed by atoms with Crippen molar-refractivity contribution in [3.8, 4) is 11.3 Å². The molecule has 3 rings (SSSR count). The van der Waals surface area contributed by atoms with Crippen molar-refractivity contribution in [3.63, 3.8) is 0 Å². The lowest BCUT2D eigenvalue weighted by Crippen LogP contribution is -2.41. The Morgan fingerprint density at radius 1 is 0.957 bits per heavy atom. The number of H-pyrrole nitrogens is 1. The predicted molar refractivity (Wildman–Crippen MR) is 95.8 cm³/mol. The van der Waals surface area contributed by atoms with E-state index in [0.717, 1.165) is 22.4 Å². The molecule has 0 bridgehead atoms. The van der Waals surface area contributed by atoms with Crippen LogP contribution in [0.25, 0.3) is 11.3 Å². The van der Waals surface area contributed by atoms with E-state index in [1.165, 1.54) is 0 Å². The van der Waals surface area contributed by atoms with Crippen molar-refractivity contribution in [2.45, 2.75) is 59.7 Å². The van der Waals surface area contributed by atoms with Gasteiger partial charge in [-0.15, -0.1) is 0 Å². The van der Waals surface area contributed by atoms with Crippen LogP contribution in [-0.4, -0.2) is 28.3 Å². The molecule has 1 N–H and O–H groups in total. The second-order valence-corrected chi connectivity index (χ2v) is 6.59. The first-order valence-electron chi connectivity index (χ1n) is 8.26. The number of nitrogens with one attached hydrogen (secondary N) is 1. The van der Waals surface area contributed by atoms with Gasteiger partial charge in [0.05, 0.1) is 23.2 Å². The van der Waals surface area contributed by atoms with Gasteiger partial charge >= 0.3 is 7.12 Å². The fourth-order valence-corrected chi connectivity index (χ4v) is 2.43. The molecule has 2 heterocycles. The van der Waals surface area contributed by atoms with Crippen LogP contribution < -0.4 is 5.46 Å². The maximum atomic E-state index is 6.06. The Morgan fingerprint density at radius 3 is 1.91 bits per heavy atom. The van der Waals surface area contributed by atoms with Crippen molar-refractivity contribution in [2.24, 2.45) is 0 Å². The van der Waals surface area contributed by atoms with E-state index in [-0.39, 0.29) is 18.3 Å². The molecule has 0 amide bonds. The second-order valence-electron chi connectivity index (χ2n) is 6.59. The number of rotatable bonds is 2. The highest BCUT2D eigenvalue weighted by molar-refractivity contribution is 6.62. The third kappa shape index (κ3) is 3.36. The summed E-state index contributed by atoms with van der Waals surface area (Å²) in [6.07, 6.45) is 1.72. The number of aromatic nitrogens is 2. The van der Waals surface area contributed by atoms with Gasteiger partial charge in [0.2, 0.25) is 0 Å². The fraction of sp³-hybridized carbons (Fsp3) is 0.500. The van der Waals surface area contributed by atoms with E-state index in [1.807, 2.05) is 32.9 Å². The third-order valence-electron chi connectivity index (χ3n) is 4.54. The highest BCUT2D eigenvalue weighted by Gasteiger charge is 2.51. The van der Waals surface area contributed by atoms with Gasteiger partial charge in [-0.05, 0) is 40.1 Å². The molecule has 0 radical (unpaired) electrons. The number of aryl methyl sites for hydroxylation is 1. The normalized spacial score (nSPS) is 18.5. The van der Waals surface area contributed by atoms with Crippen molar-refractivity contribution < 1.29 is 9.31 Å². The SMILES string of the molecule is CC.Cc1[nH]cnc1-c1ccc(B2OC(C)(C)C(C)(C)O2)cc1. The van der Waals surface area contributed by atoms with E-state index in [2.05, 4.69) is 49.8 Å². The molecule has 0 unspecified atom stereocenters. The molecular formula is C18H27BN2O2. The quantitative estimate of drug-likeness (QED) is 0.860. The smallest absolute Gasteiger partial charge is 0.399 e. The molecule has 2 aromatic rings. The lowest BCUT2D eigenvalue weighted by molar-refractivity contribution is 0.00578. The molecule has 0 atom stereocenters. The van der Waals surface area contributed by atoms with Crippen molar-refractivity contribution in [3.05, 3.63) is 36.3 Å². The van der Waals surface area contributed by atoms with E-state index in [0.29, 0.717) is 0 Å². The molecule has 0 aliphatic carbocycles. The zero-order valence-electron chi connectivity index (χ0n) is 15.2. The Hall–Kier alpha value is -1.59. The summed E-state index contributed by atoms with van der Waals surface area (Å²) >= 11 is 0. The summed E-state index contributed by atoms with van der Waals surface area (Å²) in [5.41, 5.74) is 3.55. The van der Waals surface area contributed by atoms with E-state index in [4.69, 9.17) is 9.31 Å². The summed E-state index contributed by atoms with van der Waals surface area (Å²) in [7, 11) is -0.315. The lowest BCUT2D eigenvalue weighted by Gasteiger charge is -2.32. The largest absolute Gasteiger partial charge is 0.494 e. The van der Waals surface area contributed by atoms with Gasteiger partial charge in [-0.25, -0.2) is 4.98 Å². The second kappa shape index (κ2) is 6.50. The lowest BCUT2D eigenvalue weighted by atomic mass is 9.79. The van der Waals surface area contributed by atoms with Crippen LogP contribution in [0.3, 0.4) is 0 Å². The Bertz CT molecular complexity index is 631. The molecule has 1 aromatic heterocycles. The van der Waals surface area contributed by atoms with Gasteiger partial charge < -0.3 is 14.3 Å². The molecule has 124 valence electrons. The average Bonchev–Trinajstić information content (AvgIpc) is 3.02. The first-order chi connectivity index (χ1) is 10.8. The number of hydrogen-bond donors (Lipinski definition) is 1. The molecule has 1 aliphatic heterocycles. The van der Waals surface area contributed by atoms with Gasteiger partial charge in [0.25, 0.3) is 0 Å². The summed E-state index contributed by atoms with van der Waals surface area (Å²) < 4.78 is 12.1. The summed E-state index contributed by atoms with van der Waals surface area (Å²) in [5.74, 6) is 0. The highest BCUT2D eigenvalue weighted by atomic mass is 16.7. The number of nitrogens with zero attached hydrogens (tertiary/aromatic N) is 1. The third-order valence-corrected chi connectivity index (χ3v) is 4.54. The minimum atomic E-state index is -0.315. The van der Waals surface area contributed by atoms with Crippen molar-refractivity contribution in [2.75, 3.05) is 0 Å². The van der Waals surface area contributed by atoms with Crippen molar-refractivity contribution in [1.82, 2.24) is 9.97 Å². The number of imidazole rings is 1. The molecule has 0 saturated carbocycles.